The van der Waals surface area contributed by atoms with Gasteiger partial charge in [0, 0.05) is 12.0 Å². The number of aromatic carboxylic acids is 1. The normalized spacial score (nSPS) is 14.7. The van der Waals surface area contributed by atoms with Crippen molar-refractivity contribution in [2.24, 2.45) is 0 Å². The molecule has 2 heterocycles. The Morgan fingerprint density at radius 2 is 2.24 bits per heavy atom. The van der Waals surface area contributed by atoms with Crippen LogP contribution in [-0.2, 0) is 6.54 Å². The van der Waals surface area contributed by atoms with Gasteiger partial charge in [-0.25, -0.2) is 9.78 Å². The predicted octanol–water partition coefficient (Wildman–Crippen LogP) is 2.65. The van der Waals surface area contributed by atoms with Gasteiger partial charge < -0.3 is 14.2 Å². The maximum absolute atomic E-state index is 11.2. The van der Waals surface area contributed by atoms with Crippen LogP contribution in [0, 0.1) is 0 Å². The zero-order valence-electron chi connectivity index (χ0n) is 11.2. The Balaban J connectivity index is 1.88. The average molecular weight is 283 g/mol. The highest BCUT2D eigenvalue weighted by atomic mass is 16.5. The molecule has 1 aliphatic carbocycles. The van der Waals surface area contributed by atoms with E-state index in [1.807, 2.05) is 10.6 Å². The summed E-state index contributed by atoms with van der Waals surface area (Å²) in [5.41, 5.74) is 1.91. The number of carbonyl (C=O) groups is 1. The van der Waals surface area contributed by atoms with E-state index in [9.17, 15) is 4.79 Å². The Hall–Kier alpha value is -2.63. The van der Waals surface area contributed by atoms with E-state index >= 15 is 0 Å². The molecule has 1 aromatic carbocycles. The van der Waals surface area contributed by atoms with Gasteiger partial charge in [-0.1, -0.05) is 5.16 Å². The van der Waals surface area contributed by atoms with Crippen LogP contribution < -0.4 is 0 Å². The minimum Gasteiger partial charge on any atom is -0.478 e. The standard InChI is InChI=1S/C15H13N3O3/c19-15(20)10-3-4-12-13(7-10)18(8-11-5-6-16-21-11)14(17-12)9-1-2-9/h3-7,9H,1-2,8H2,(H,19,20). The highest BCUT2D eigenvalue weighted by Gasteiger charge is 2.30. The lowest BCUT2D eigenvalue weighted by Crippen LogP contribution is -2.04. The molecule has 0 radical (unpaired) electrons. The van der Waals surface area contributed by atoms with Crippen molar-refractivity contribution in [3.8, 4) is 0 Å². The Labute approximate surface area is 120 Å². The van der Waals surface area contributed by atoms with Crippen LogP contribution in [0.1, 0.15) is 40.7 Å². The minimum atomic E-state index is -0.933. The molecule has 21 heavy (non-hydrogen) atoms. The number of carboxylic acid groups (broad SMARTS) is 1. The van der Waals surface area contributed by atoms with Crippen LogP contribution in [-0.4, -0.2) is 25.8 Å². The Morgan fingerprint density at radius 3 is 2.90 bits per heavy atom. The van der Waals surface area contributed by atoms with Gasteiger partial charge in [0.25, 0.3) is 0 Å². The second-order valence-electron chi connectivity index (χ2n) is 5.32. The molecule has 0 amide bonds. The van der Waals surface area contributed by atoms with Crippen molar-refractivity contribution < 1.29 is 14.4 Å². The third kappa shape index (κ3) is 2.08. The van der Waals surface area contributed by atoms with Crippen molar-refractivity contribution in [2.75, 3.05) is 0 Å². The Morgan fingerprint density at radius 1 is 1.38 bits per heavy atom. The van der Waals surface area contributed by atoms with Gasteiger partial charge in [-0.3, -0.25) is 0 Å². The summed E-state index contributed by atoms with van der Waals surface area (Å²) >= 11 is 0. The molecule has 0 bridgehead atoms. The first-order chi connectivity index (χ1) is 10.2. The maximum atomic E-state index is 11.2. The molecular formula is C15H13N3O3. The molecule has 6 nitrogen and oxygen atoms in total. The number of nitrogens with zero attached hydrogens (tertiary/aromatic N) is 3. The zero-order chi connectivity index (χ0) is 14.4. The summed E-state index contributed by atoms with van der Waals surface area (Å²) in [7, 11) is 0. The third-order valence-electron chi connectivity index (χ3n) is 3.77. The van der Waals surface area contributed by atoms with E-state index in [0.717, 1.165) is 35.5 Å². The molecule has 1 N–H and O–H groups in total. The second kappa shape index (κ2) is 4.44. The van der Waals surface area contributed by atoms with Crippen LogP contribution in [0.4, 0.5) is 0 Å². The number of rotatable bonds is 4. The summed E-state index contributed by atoms with van der Waals surface area (Å²) < 4.78 is 7.22. The fourth-order valence-corrected chi connectivity index (χ4v) is 2.57. The van der Waals surface area contributed by atoms with Gasteiger partial charge in [0.15, 0.2) is 5.76 Å². The number of hydrogen-bond donors (Lipinski definition) is 1. The van der Waals surface area contributed by atoms with Gasteiger partial charge in [-0.05, 0) is 31.0 Å². The highest BCUT2D eigenvalue weighted by Crippen LogP contribution is 2.41. The van der Waals surface area contributed by atoms with E-state index in [1.165, 1.54) is 0 Å². The molecule has 106 valence electrons. The van der Waals surface area contributed by atoms with Crippen molar-refractivity contribution >= 4 is 17.0 Å². The molecule has 0 atom stereocenters. The molecular weight excluding hydrogens is 270 g/mol. The molecule has 0 aliphatic heterocycles. The average Bonchev–Trinajstić information content (AvgIpc) is 3.07. The summed E-state index contributed by atoms with van der Waals surface area (Å²) in [5, 5.41) is 12.9. The maximum Gasteiger partial charge on any atom is 0.335 e. The Kier molecular flexibility index (Phi) is 2.57. The second-order valence-corrected chi connectivity index (χ2v) is 5.32. The van der Waals surface area contributed by atoms with Crippen LogP contribution in [0.5, 0.6) is 0 Å². The molecule has 3 aromatic rings. The number of fused-ring (bicyclic) bond motifs is 1. The molecule has 1 aliphatic rings. The number of carboxylic acids is 1. The van der Waals surface area contributed by atoms with Gasteiger partial charge in [0.1, 0.15) is 5.82 Å². The van der Waals surface area contributed by atoms with Gasteiger partial charge in [0.2, 0.25) is 0 Å². The summed E-state index contributed by atoms with van der Waals surface area (Å²) in [6, 6.07) is 6.84. The van der Waals surface area contributed by atoms with Crippen molar-refractivity contribution in [3.63, 3.8) is 0 Å². The lowest BCUT2D eigenvalue weighted by Gasteiger charge is -2.06. The molecule has 1 fully saturated rings. The number of benzene rings is 1. The first-order valence-corrected chi connectivity index (χ1v) is 6.85. The van der Waals surface area contributed by atoms with E-state index in [-0.39, 0.29) is 5.56 Å². The van der Waals surface area contributed by atoms with Gasteiger partial charge in [-0.15, -0.1) is 0 Å². The van der Waals surface area contributed by atoms with E-state index in [4.69, 9.17) is 9.63 Å². The van der Waals surface area contributed by atoms with E-state index in [1.54, 1.807) is 24.4 Å². The molecule has 0 unspecified atom stereocenters. The third-order valence-corrected chi connectivity index (χ3v) is 3.77. The first kappa shape index (κ1) is 12.1. The topological polar surface area (TPSA) is 81.1 Å². The van der Waals surface area contributed by atoms with Crippen LogP contribution >= 0.6 is 0 Å². The fraction of sp³-hybridized carbons (Fsp3) is 0.267. The zero-order valence-corrected chi connectivity index (χ0v) is 11.2. The van der Waals surface area contributed by atoms with Gasteiger partial charge >= 0.3 is 5.97 Å². The van der Waals surface area contributed by atoms with Crippen molar-refractivity contribution in [1.82, 2.24) is 14.7 Å². The van der Waals surface area contributed by atoms with Crippen LogP contribution in [0.3, 0.4) is 0 Å². The highest BCUT2D eigenvalue weighted by molar-refractivity contribution is 5.92. The van der Waals surface area contributed by atoms with Crippen molar-refractivity contribution in [3.05, 3.63) is 47.6 Å². The molecule has 4 rings (SSSR count). The fourth-order valence-electron chi connectivity index (χ4n) is 2.57. The minimum absolute atomic E-state index is 0.267. The summed E-state index contributed by atoms with van der Waals surface area (Å²) in [6.45, 7) is 0.519. The van der Waals surface area contributed by atoms with E-state index < -0.39 is 5.97 Å². The largest absolute Gasteiger partial charge is 0.478 e. The monoisotopic (exact) mass is 283 g/mol. The van der Waals surface area contributed by atoms with E-state index in [2.05, 4.69) is 10.1 Å². The number of imidazole rings is 1. The lowest BCUT2D eigenvalue weighted by atomic mass is 10.2. The molecule has 2 aromatic heterocycles. The molecule has 0 spiro atoms. The number of aromatic nitrogens is 3. The van der Waals surface area contributed by atoms with Crippen LogP contribution in [0.15, 0.2) is 35.0 Å². The van der Waals surface area contributed by atoms with E-state index in [0.29, 0.717) is 12.5 Å². The Bertz CT molecular complexity index is 816. The van der Waals surface area contributed by atoms with Crippen LogP contribution in [0.2, 0.25) is 0 Å². The molecule has 0 saturated heterocycles. The molecule has 6 heteroatoms. The summed E-state index contributed by atoms with van der Waals surface area (Å²) in [6.07, 6.45) is 3.87. The lowest BCUT2D eigenvalue weighted by molar-refractivity contribution is 0.0697. The molecule has 1 saturated carbocycles. The smallest absolute Gasteiger partial charge is 0.335 e. The van der Waals surface area contributed by atoms with Gasteiger partial charge in [-0.2, -0.15) is 0 Å². The summed E-state index contributed by atoms with van der Waals surface area (Å²) in [4.78, 5) is 15.8. The first-order valence-electron chi connectivity index (χ1n) is 6.85. The number of hydrogen-bond acceptors (Lipinski definition) is 4. The van der Waals surface area contributed by atoms with Gasteiger partial charge in [0.05, 0.1) is 29.3 Å². The SMILES string of the molecule is O=C(O)c1ccc2nc(C3CC3)n(Cc3ccno3)c2c1. The van der Waals surface area contributed by atoms with Crippen LogP contribution in [0.25, 0.3) is 11.0 Å². The predicted molar refractivity (Wildman–Crippen MR) is 74.3 cm³/mol. The van der Waals surface area contributed by atoms with Crippen molar-refractivity contribution in [1.29, 1.82) is 0 Å². The summed E-state index contributed by atoms with van der Waals surface area (Å²) in [5.74, 6) is 1.27. The quantitative estimate of drug-likeness (QED) is 0.796. The van der Waals surface area contributed by atoms with Crippen molar-refractivity contribution in [2.45, 2.75) is 25.3 Å².